The molecular formula is C29H29N3O4. The predicted molar refractivity (Wildman–Crippen MR) is 141 cm³/mol. The van der Waals surface area contributed by atoms with Crippen molar-refractivity contribution >= 4 is 29.3 Å². The van der Waals surface area contributed by atoms with Gasteiger partial charge in [0.05, 0.1) is 6.61 Å². The second-order valence-corrected chi connectivity index (χ2v) is 8.23. The third kappa shape index (κ3) is 6.97. The number of benzene rings is 3. The fraction of sp³-hybridized carbons (Fsp3) is 0.207. The third-order valence-corrected chi connectivity index (χ3v) is 5.36. The van der Waals surface area contributed by atoms with E-state index in [1.165, 1.54) is 6.08 Å². The predicted octanol–water partition coefficient (Wildman–Crippen LogP) is 5.57. The van der Waals surface area contributed by atoms with Crippen LogP contribution in [0, 0.1) is 32.1 Å². The van der Waals surface area contributed by atoms with Crippen molar-refractivity contribution in [1.29, 1.82) is 5.26 Å². The quantitative estimate of drug-likeness (QED) is 0.306. The lowest BCUT2D eigenvalue weighted by atomic mass is 10.1. The highest BCUT2D eigenvalue weighted by Gasteiger charge is 2.14. The van der Waals surface area contributed by atoms with Gasteiger partial charge in [0.15, 0.2) is 18.1 Å². The molecule has 2 amide bonds. The van der Waals surface area contributed by atoms with Crippen LogP contribution in [0.15, 0.2) is 66.2 Å². The van der Waals surface area contributed by atoms with Gasteiger partial charge in [-0.05, 0) is 80.3 Å². The Labute approximate surface area is 211 Å². The Balaban J connectivity index is 1.73. The zero-order valence-electron chi connectivity index (χ0n) is 20.8. The Morgan fingerprint density at radius 3 is 2.36 bits per heavy atom. The molecule has 0 aliphatic rings. The molecule has 0 bridgehead atoms. The number of para-hydroxylation sites is 1. The van der Waals surface area contributed by atoms with Crippen molar-refractivity contribution in [2.45, 2.75) is 27.7 Å². The number of amides is 2. The van der Waals surface area contributed by atoms with Crippen LogP contribution in [0.4, 0.5) is 11.4 Å². The highest BCUT2D eigenvalue weighted by molar-refractivity contribution is 6.10. The Morgan fingerprint density at radius 1 is 0.889 bits per heavy atom. The van der Waals surface area contributed by atoms with E-state index >= 15 is 0 Å². The van der Waals surface area contributed by atoms with Crippen LogP contribution < -0.4 is 20.1 Å². The average molecular weight is 484 g/mol. The van der Waals surface area contributed by atoms with Gasteiger partial charge < -0.3 is 20.1 Å². The van der Waals surface area contributed by atoms with E-state index in [0.29, 0.717) is 29.4 Å². The van der Waals surface area contributed by atoms with Crippen LogP contribution in [-0.4, -0.2) is 25.0 Å². The smallest absolute Gasteiger partial charge is 0.266 e. The maximum Gasteiger partial charge on any atom is 0.266 e. The first kappa shape index (κ1) is 26.0. The van der Waals surface area contributed by atoms with Gasteiger partial charge in [0.1, 0.15) is 11.6 Å². The van der Waals surface area contributed by atoms with Gasteiger partial charge in [-0.25, -0.2) is 0 Å². The molecule has 0 radical (unpaired) electrons. The molecule has 3 aromatic carbocycles. The molecule has 0 atom stereocenters. The first-order valence-corrected chi connectivity index (χ1v) is 11.6. The van der Waals surface area contributed by atoms with Crippen molar-refractivity contribution in [3.63, 3.8) is 0 Å². The number of nitrogens with zero attached hydrogens (tertiary/aromatic N) is 1. The van der Waals surface area contributed by atoms with E-state index in [2.05, 4.69) is 10.6 Å². The van der Waals surface area contributed by atoms with Gasteiger partial charge in [-0.2, -0.15) is 5.26 Å². The topological polar surface area (TPSA) is 100 Å². The normalized spacial score (nSPS) is 10.8. The maximum atomic E-state index is 12.7. The first-order valence-electron chi connectivity index (χ1n) is 11.6. The molecule has 0 spiro atoms. The minimum absolute atomic E-state index is 0.0513. The summed E-state index contributed by atoms with van der Waals surface area (Å²) in [6.45, 7) is 7.73. The van der Waals surface area contributed by atoms with E-state index in [1.54, 1.807) is 18.2 Å². The molecule has 0 aromatic heterocycles. The molecule has 3 aromatic rings. The zero-order valence-corrected chi connectivity index (χ0v) is 20.8. The monoisotopic (exact) mass is 483 g/mol. The van der Waals surface area contributed by atoms with Crippen molar-refractivity contribution < 1.29 is 19.1 Å². The summed E-state index contributed by atoms with van der Waals surface area (Å²) in [5, 5.41) is 15.2. The molecule has 0 aliphatic heterocycles. The molecule has 0 saturated heterocycles. The fourth-order valence-corrected chi connectivity index (χ4v) is 3.42. The van der Waals surface area contributed by atoms with Crippen molar-refractivity contribution in [3.8, 4) is 17.6 Å². The molecule has 184 valence electrons. The molecule has 36 heavy (non-hydrogen) atoms. The number of ether oxygens (including phenoxy) is 2. The molecule has 0 fully saturated rings. The number of nitriles is 1. The van der Waals surface area contributed by atoms with Crippen LogP contribution in [0.1, 0.15) is 29.2 Å². The fourth-order valence-electron chi connectivity index (χ4n) is 3.42. The Morgan fingerprint density at radius 2 is 1.64 bits per heavy atom. The molecule has 3 rings (SSSR count). The summed E-state index contributed by atoms with van der Waals surface area (Å²) in [4.78, 5) is 25.1. The van der Waals surface area contributed by atoms with Crippen molar-refractivity contribution in [3.05, 3.63) is 88.5 Å². The minimum atomic E-state index is -0.502. The molecule has 7 nitrogen and oxygen atoms in total. The van der Waals surface area contributed by atoms with E-state index in [-0.39, 0.29) is 18.1 Å². The molecule has 0 aliphatic carbocycles. The molecule has 7 heteroatoms. The van der Waals surface area contributed by atoms with Crippen LogP contribution in [0.3, 0.4) is 0 Å². The summed E-state index contributed by atoms with van der Waals surface area (Å²) in [6.07, 6.45) is 1.48. The van der Waals surface area contributed by atoms with E-state index in [0.717, 1.165) is 22.4 Å². The van der Waals surface area contributed by atoms with Crippen molar-refractivity contribution in [1.82, 2.24) is 0 Å². The number of anilines is 2. The van der Waals surface area contributed by atoms with Gasteiger partial charge in [-0.1, -0.05) is 36.4 Å². The first-order chi connectivity index (χ1) is 17.3. The van der Waals surface area contributed by atoms with Gasteiger partial charge in [-0.15, -0.1) is 0 Å². The SMILES string of the molecule is CCOc1cc(/C=C(/C#N)C(=O)Nc2cc(C)ccc2C)ccc1OCC(=O)Nc1ccccc1C. The van der Waals surface area contributed by atoms with E-state index in [9.17, 15) is 14.9 Å². The van der Waals surface area contributed by atoms with E-state index in [1.807, 2.05) is 76.2 Å². The van der Waals surface area contributed by atoms with Gasteiger partial charge in [0.2, 0.25) is 0 Å². The second-order valence-electron chi connectivity index (χ2n) is 8.23. The minimum Gasteiger partial charge on any atom is -0.490 e. The Bertz CT molecular complexity index is 1340. The van der Waals surface area contributed by atoms with E-state index < -0.39 is 5.91 Å². The third-order valence-electron chi connectivity index (χ3n) is 5.36. The Kier molecular flexibility index (Phi) is 8.84. The summed E-state index contributed by atoms with van der Waals surface area (Å²) in [7, 11) is 0. The highest BCUT2D eigenvalue weighted by Crippen LogP contribution is 2.30. The van der Waals surface area contributed by atoms with Crippen LogP contribution in [0.5, 0.6) is 11.5 Å². The average Bonchev–Trinajstić information content (AvgIpc) is 2.85. The summed E-state index contributed by atoms with van der Waals surface area (Å²) < 4.78 is 11.4. The van der Waals surface area contributed by atoms with Gasteiger partial charge >= 0.3 is 0 Å². The number of carbonyl (C=O) groups excluding carboxylic acids is 2. The molecule has 2 N–H and O–H groups in total. The number of hydrogen-bond donors (Lipinski definition) is 2. The van der Waals surface area contributed by atoms with Gasteiger partial charge in [0.25, 0.3) is 11.8 Å². The molecule has 0 saturated carbocycles. The highest BCUT2D eigenvalue weighted by atomic mass is 16.5. The van der Waals surface area contributed by atoms with Crippen LogP contribution in [-0.2, 0) is 9.59 Å². The van der Waals surface area contributed by atoms with E-state index in [4.69, 9.17) is 9.47 Å². The van der Waals surface area contributed by atoms with Crippen molar-refractivity contribution in [2.75, 3.05) is 23.8 Å². The summed E-state index contributed by atoms with van der Waals surface area (Å²) in [6, 6.07) is 20.2. The largest absolute Gasteiger partial charge is 0.490 e. The molecule has 0 heterocycles. The summed E-state index contributed by atoms with van der Waals surface area (Å²) >= 11 is 0. The summed E-state index contributed by atoms with van der Waals surface area (Å²) in [5.74, 6) is -0.0163. The van der Waals surface area contributed by atoms with Crippen LogP contribution in [0.25, 0.3) is 6.08 Å². The number of carbonyl (C=O) groups is 2. The molecule has 0 unspecified atom stereocenters. The van der Waals surface area contributed by atoms with Crippen LogP contribution >= 0.6 is 0 Å². The van der Waals surface area contributed by atoms with Crippen molar-refractivity contribution in [2.24, 2.45) is 0 Å². The van der Waals surface area contributed by atoms with Gasteiger partial charge in [-0.3, -0.25) is 9.59 Å². The lowest BCUT2D eigenvalue weighted by Gasteiger charge is -2.13. The van der Waals surface area contributed by atoms with Crippen LogP contribution in [0.2, 0.25) is 0 Å². The molecular weight excluding hydrogens is 454 g/mol. The number of rotatable bonds is 9. The number of hydrogen-bond acceptors (Lipinski definition) is 5. The lowest BCUT2D eigenvalue weighted by Crippen LogP contribution is -2.20. The summed E-state index contributed by atoms with van der Waals surface area (Å²) in [5.41, 5.74) is 4.77. The lowest BCUT2D eigenvalue weighted by molar-refractivity contribution is -0.118. The standard InChI is InChI=1S/C29H29N3O4/c1-5-35-27-16-22(15-23(17-30)29(34)32-25-14-19(2)10-11-21(25)4)12-13-26(27)36-18-28(33)31-24-9-7-6-8-20(24)3/h6-16H,5,18H2,1-4H3,(H,31,33)(H,32,34)/b23-15-. The zero-order chi connectivity index (χ0) is 26.1. The second kappa shape index (κ2) is 12.2. The number of aryl methyl sites for hydroxylation is 3. The van der Waals surface area contributed by atoms with Gasteiger partial charge in [0, 0.05) is 11.4 Å². The maximum absolute atomic E-state index is 12.7. The number of nitrogens with one attached hydrogen (secondary N) is 2. The Hall–Kier alpha value is -4.57.